The van der Waals surface area contributed by atoms with Gasteiger partial charge in [-0.2, -0.15) is 13.2 Å². The van der Waals surface area contributed by atoms with E-state index in [1.807, 2.05) is 6.92 Å². The summed E-state index contributed by atoms with van der Waals surface area (Å²) in [4.78, 5) is 0. The van der Waals surface area contributed by atoms with E-state index in [0.717, 1.165) is 19.4 Å². The zero-order valence-corrected chi connectivity index (χ0v) is 9.45. The van der Waals surface area contributed by atoms with E-state index in [-0.39, 0.29) is 17.9 Å². The Morgan fingerprint density at radius 2 is 1.93 bits per heavy atom. The van der Waals surface area contributed by atoms with Crippen LogP contribution in [0.2, 0.25) is 0 Å². The largest absolute Gasteiger partial charge is 0.389 e. The number of nitrogens with one attached hydrogen (secondary N) is 1. The van der Waals surface area contributed by atoms with Crippen molar-refractivity contribution < 1.29 is 13.2 Å². The van der Waals surface area contributed by atoms with Crippen molar-refractivity contribution in [1.29, 1.82) is 0 Å². The van der Waals surface area contributed by atoms with Gasteiger partial charge >= 0.3 is 6.18 Å². The van der Waals surface area contributed by atoms with Crippen LogP contribution < -0.4 is 5.32 Å². The second-order valence-electron chi connectivity index (χ2n) is 4.77. The molecule has 1 fully saturated rings. The SMILES string of the molecule is CCNC(CCCC(F)(F)F)C1(C)CC1. The van der Waals surface area contributed by atoms with Crippen LogP contribution in [0.1, 0.15) is 46.0 Å². The molecule has 15 heavy (non-hydrogen) atoms. The number of hydrogen-bond acceptors (Lipinski definition) is 1. The van der Waals surface area contributed by atoms with E-state index in [9.17, 15) is 13.2 Å². The molecule has 0 heterocycles. The summed E-state index contributed by atoms with van der Waals surface area (Å²) >= 11 is 0. The van der Waals surface area contributed by atoms with Crippen LogP contribution in [-0.2, 0) is 0 Å². The molecule has 0 aromatic rings. The fraction of sp³-hybridized carbons (Fsp3) is 1.00. The predicted octanol–water partition coefficient (Wildman–Crippen LogP) is 3.50. The summed E-state index contributed by atoms with van der Waals surface area (Å²) in [6.07, 6.45) is -1.46. The highest BCUT2D eigenvalue weighted by Crippen LogP contribution is 2.49. The Kier molecular flexibility index (Phi) is 4.04. The standard InChI is InChI=1S/C11H20F3N/c1-3-15-9(10(2)7-8-10)5-4-6-11(12,13)14/h9,15H,3-8H2,1-2H3. The number of alkyl halides is 3. The third-order valence-electron chi connectivity index (χ3n) is 3.28. The minimum absolute atomic E-state index is 0.247. The van der Waals surface area contributed by atoms with Gasteiger partial charge in [-0.3, -0.25) is 0 Å². The molecule has 0 amide bonds. The van der Waals surface area contributed by atoms with Crippen LogP contribution in [0.15, 0.2) is 0 Å². The molecule has 0 aliphatic heterocycles. The van der Waals surface area contributed by atoms with E-state index in [0.29, 0.717) is 6.42 Å². The second kappa shape index (κ2) is 4.73. The lowest BCUT2D eigenvalue weighted by Crippen LogP contribution is -2.36. The molecule has 0 bridgehead atoms. The molecule has 1 unspecified atom stereocenters. The van der Waals surface area contributed by atoms with Crippen LogP contribution in [0.25, 0.3) is 0 Å². The summed E-state index contributed by atoms with van der Waals surface area (Å²) in [7, 11) is 0. The molecule has 1 aliphatic rings. The van der Waals surface area contributed by atoms with Gasteiger partial charge in [-0.25, -0.2) is 0 Å². The Morgan fingerprint density at radius 3 is 2.33 bits per heavy atom. The van der Waals surface area contributed by atoms with Gasteiger partial charge in [0, 0.05) is 12.5 Å². The summed E-state index contributed by atoms with van der Waals surface area (Å²) in [5.41, 5.74) is 0.265. The van der Waals surface area contributed by atoms with Crippen LogP contribution in [0.4, 0.5) is 13.2 Å². The minimum Gasteiger partial charge on any atom is -0.314 e. The maximum absolute atomic E-state index is 12.0. The van der Waals surface area contributed by atoms with Crippen molar-refractivity contribution in [3.8, 4) is 0 Å². The molecule has 0 aromatic heterocycles. The first-order chi connectivity index (χ1) is 6.87. The van der Waals surface area contributed by atoms with E-state index < -0.39 is 12.6 Å². The van der Waals surface area contributed by atoms with Gasteiger partial charge in [0.1, 0.15) is 0 Å². The van der Waals surface area contributed by atoms with Crippen LogP contribution in [0, 0.1) is 5.41 Å². The van der Waals surface area contributed by atoms with Crippen molar-refractivity contribution >= 4 is 0 Å². The Bertz CT molecular complexity index is 196. The summed E-state index contributed by atoms with van der Waals surface area (Å²) in [6.45, 7) is 5.00. The van der Waals surface area contributed by atoms with E-state index in [2.05, 4.69) is 12.2 Å². The Labute approximate surface area is 89.4 Å². The van der Waals surface area contributed by atoms with Gasteiger partial charge in [0.25, 0.3) is 0 Å². The Balaban J connectivity index is 2.27. The molecule has 90 valence electrons. The van der Waals surface area contributed by atoms with Gasteiger partial charge in [-0.15, -0.1) is 0 Å². The van der Waals surface area contributed by atoms with Crippen LogP contribution >= 0.6 is 0 Å². The quantitative estimate of drug-likeness (QED) is 0.726. The van der Waals surface area contributed by atoms with Crippen molar-refractivity contribution in [2.45, 2.75) is 58.2 Å². The Hall–Kier alpha value is -0.250. The molecule has 1 atom stereocenters. The van der Waals surface area contributed by atoms with Gasteiger partial charge in [0.2, 0.25) is 0 Å². The van der Waals surface area contributed by atoms with E-state index >= 15 is 0 Å². The Morgan fingerprint density at radius 1 is 1.33 bits per heavy atom. The van der Waals surface area contributed by atoms with Crippen molar-refractivity contribution in [3.05, 3.63) is 0 Å². The smallest absolute Gasteiger partial charge is 0.314 e. The van der Waals surface area contributed by atoms with E-state index in [1.54, 1.807) is 0 Å². The van der Waals surface area contributed by atoms with Crippen molar-refractivity contribution in [3.63, 3.8) is 0 Å². The van der Waals surface area contributed by atoms with Gasteiger partial charge in [-0.05, 0) is 37.6 Å². The summed E-state index contributed by atoms with van der Waals surface area (Å²) in [5, 5.41) is 3.30. The molecular weight excluding hydrogens is 203 g/mol. The summed E-state index contributed by atoms with van der Waals surface area (Å²) in [5.74, 6) is 0. The number of halogens is 3. The first-order valence-electron chi connectivity index (χ1n) is 5.67. The zero-order valence-electron chi connectivity index (χ0n) is 9.45. The highest BCUT2D eigenvalue weighted by atomic mass is 19.4. The van der Waals surface area contributed by atoms with E-state index in [4.69, 9.17) is 0 Å². The average molecular weight is 223 g/mol. The minimum atomic E-state index is -4.00. The number of rotatable bonds is 6. The first-order valence-corrected chi connectivity index (χ1v) is 5.67. The maximum atomic E-state index is 12.0. The van der Waals surface area contributed by atoms with Crippen molar-refractivity contribution in [2.24, 2.45) is 5.41 Å². The molecule has 1 rings (SSSR count). The normalized spacial score (nSPS) is 21.4. The lowest BCUT2D eigenvalue weighted by atomic mass is 9.93. The molecule has 0 saturated heterocycles. The third kappa shape index (κ3) is 4.41. The predicted molar refractivity (Wildman–Crippen MR) is 54.7 cm³/mol. The molecule has 1 N–H and O–H groups in total. The van der Waals surface area contributed by atoms with E-state index in [1.165, 1.54) is 0 Å². The average Bonchev–Trinajstić information content (AvgIpc) is 2.81. The summed E-state index contributed by atoms with van der Waals surface area (Å²) < 4.78 is 36.0. The third-order valence-corrected chi connectivity index (χ3v) is 3.28. The van der Waals surface area contributed by atoms with Crippen molar-refractivity contribution in [2.75, 3.05) is 6.54 Å². The number of hydrogen-bond donors (Lipinski definition) is 1. The van der Waals surface area contributed by atoms with Gasteiger partial charge in [0.05, 0.1) is 0 Å². The fourth-order valence-electron chi connectivity index (χ4n) is 2.00. The zero-order chi connectivity index (χ0) is 11.5. The molecule has 0 radical (unpaired) electrons. The fourth-order valence-corrected chi connectivity index (χ4v) is 2.00. The lowest BCUT2D eigenvalue weighted by molar-refractivity contribution is -0.136. The topological polar surface area (TPSA) is 12.0 Å². The molecule has 0 spiro atoms. The highest BCUT2D eigenvalue weighted by Gasteiger charge is 2.44. The summed E-state index contributed by atoms with van der Waals surface area (Å²) in [6, 6.07) is 0.268. The van der Waals surface area contributed by atoms with Crippen LogP contribution in [0.3, 0.4) is 0 Å². The van der Waals surface area contributed by atoms with Gasteiger partial charge in [-0.1, -0.05) is 13.8 Å². The molecule has 0 aromatic carbocycles. The molecule has 1 saturated carbocycles. The van der Waals surface area contributed by atoms with Crippen LogP contribution in [-0.4, -0.2) is 18.8 Å². The molecular formula is C11H20F3N. The molecule has 4 heteroatoms. The second-order valence-corrected chi connectivity index (χ2v) is 4.77. The lowest BCUT2D eigenvalue weighted by Gasteiger charge is -2.24. The van der Waals surface area contributed by atoms with Gasteiger partial charge in [0.15, 0.2) is 0 Å². The molecule has 1 aliphatic carbocycles. The highest BCUT2D eigenvalue weighted by molar-refractivity contribution is 4.98. The maximum Gasteiger partial charge on any atom is 0.389 e. The van der Waals surface area contributed by atoms with Gasteiger partial charge < -0.3 is 5.32 Å². The first kappa shape index (κ1) is 12.8. The monoisotopic (exact) mass is 223 g/mol. The van der Waals surface area contributed by atoms with Crippen LogP contribution in [0.5, 0.6) is 0 Å². The molecule has 1 nitrogen and oxygen atoms in total. The van der Waals surface area contributed by atoms with Crippen molar-refractivity contribution in [1.82, 2.24) is 5.32 Å².